The number of azide groups is 1. The molecule has 0 heterocycles. The number of hydrogen-bond acceptors (Lipinski definition) is 1. The van der Waals surface area contributed by atoms with Gasteiger partial charge in [0.15, 0.2) is 0 Å². The van der Waals surface area contributed by atoms with E-state index in [0.29, 0.717) is 6.54 Å². The van der Waals surface area contributed by atoms with Crippen LogP contribution in [-0.2, 0) is 5.41 Å². The lowest BCUT2D eigenvalue weighted by atomic mass is 9.85. The van der Waals surface area contributed by atoms with Crippen LogP contribution in [0.25, 0.3) is 10.4 Å². The summed E-state index contributed by atoms with van der Waals surface area (Å²) in [5, 5.41) is 3.60. The number of nitrogens with zero attached hydrogens (tertiary/aromatic N) is 3. The van der Waals surface area contributed by atoms with Gasteiger partial charge in [-0.15, -0.1) is 0 Å². The smallest absolute Gasteiger partial charge is 0.0349 e. The van der Waals surface area contributed by atoms with Crippen LogP contribution in [0.1, 0.15) is 19.4 Å². The van der Waals surface area contributed by atoms with Crippen molar-refractivity contribution in [3.8, 4) is 0 Å². The number of benzene rings is 1. The molecule has 1 aromatic carbocycles. The minimum atomic E-state index is -0.0759. The zero-order chi connectivity index (χ0) is 9.73. The Balaban J connectivity index is 2.87. The molecule has 0 atom stereocenters. The third kappa shape index (κ3) is 2.49. The molecule has 0 saturated heterocycles. The second-order valence-electron chi connectivity index (χ2n) is 3.64. The normalized spacial score (nSPS) is 10.6. The highest BCUT2D eigenvalue weighted by Crippen LogP contribution is 2.22. The molecule has 0 fully saturated rings. The van der Waals surface area contributed by atoms with Crippen molar-refractivity contribution in [1.29, 1.82) is 0 Å². The van der Waals surface area contributed by atoms with E-state index < -0.39 is 0 Å². The van der Waals surface area contributed by atoms with Crippen LogP contribution in [0.15, 0.2) is 35.4 Å². The maximum absolute atomic E-state index is 8.23. The first-order valence-electron chi connectivity index (χ1n) is 4.23. The molecular weight excluding hydrogens is 162 g/mol. The molecule has 0 aromatic heterocycles. The standard InChI is InChI=1S/C10H13N3/c1-10(2,8-12-13-11)9-6-4-3-5-7-9/h3-7H,8H2,1-2H3. The lowest BCUT2D eigenvalue weighted by Gasteiger charge is -2.22. The molecule has 68 valence electrons. The topological polar surface area (TPSA) is 48.8 Å². The Morgan fingerprint density at radius 3 is 2.46 bits per heavy atom. The fourth-order valence-corrected chi connectivity index (χ4v) is 1.19. The van der Waals surface area contributed by atoms with Crippen molar-refractivity contribution in [2.24, 2.45) is 5.11 Å². The molecule has 0 aliphatic heterocycles. The van der Waals surface area contributed by atoms with Crippen LogP contribution in [0, 0.1) is 0 Å². The maximum atomic E-state index is 8.23. The van der Waals surface area contributed by atoms with E-state index in [9.17, 15) is 0 Å². The third-order valence-electron chi connectivity index (χ3n) is 2.08. The van der Waals surface area contributed by atoms with E-state index >= 15 is 0 Å². The third-order valence-corrected chi connectivity index (χ3v) is 2.08. The van der Waals surface area contributed by atoms with Crippen LogP contribution in [0.5, 0.6) is 0 Å². The molecule has 0 N–H and O–H groups in total. The summed E-state index contributed by atoms with van der Waals surface area (Å²) in [4.78, 5) is 2.77. The molecule has 0 aliphatic carbocycles. The van der Waals surface area contributed by atoms with Gasteiger partial charge in [0, 0.05) is 11.5 Å². The van der Waals surface area contributed by atoms with Crippen molar-refractivity contribution in [2.75, 3.05) is 6.54 Å². The van der Waals surface area contributed by atoms with Gasteiger partial charge in [-0.3, -0.25) is 0 Å². The highest BCUT2D eigenvalue weighted by atomic mass is 15.1. The Morgan fingerprint density at radius 2 is 1.92 bits per heavy atom. The fraction of sp³-hybridized carbons (Fsp3) is 0.400. The van der Waals surface area contributed by atoms with Gasteiger partial charge in [-0.2, -0.15) is 0 Å². The van der Waals surface area contributed by atoms with Crippen molar-refractivity contribution >= 4 is 0 Å². The molecule has 13 heavy (non-hydrogen) atoms. The minimum absolute atomic E-state index is 0.0759. The van der Waals surface area contributed by atoms with Gasteiger partial charge in [-0.05, 0) is 16.5 Å². The van der Waals surface area contributed by atoms with Crippen molar-refractivity contribution in [3.05, 3.63) is 46.3 Å². The predicted molar refractivity (Wildman–Crippen MR) is 53.5 cm³/mol. The average molecular weight is 175 g/mol. The average Bonchev–Trinajstić information content (AvgIpc) is 2.16. The van der Waals surface area contributed by atoms with E-state index in [2.05, 4.69) is 23.9 Å². The lowest BCUT2D eigenvalue weighted by Crippen LogP contribution is -2.20. The SMILES string of the molecule is CC(C)(CN=[N+]=[N-])c1ccccc1. The van der Waals surface area contributed by atoms with E-state index in [0.717, 1.165) is 0 Å². The van der Waals surface area contributed by atoms with E-state index in [1.165, 1.54) is 5.56 Å². The Bertz CT molecular complexity index is 310. The lowest BCUT2D eigenvalue weighted by molar-refractivity contribution is 0.538. The molecule has 0 spiro atoms. The fourth-order valence-electron chi connectivity index (χ4n) is 1.19. The summed E-state index contributed by atoms with van der Waals surface area (Å²) < 4.78 is 0. The van der Waals surface area contributed by atoms with E-state index in [1.807, 2.05) is 30.3 Å². The van der Waals surface area contributed by atoms with Crippen molar-refractivity contribution in [1.82, 2.24) is 0 Å². The van der Waals surface area contributed by atoms with Crippen LogP contribution >= 0.6 is 0 Å². The van der Waals surface area contributed by atoms with Gasteiger partial charge in [0.1, 0.15) is 0 Å². The summed E-state index contributed by atoms with van der Waals surface area (Å²) in [5.41, 5.74) is 9.36. The molecule has 3 heteroatoms. The maximum Gasteiger partial charge on any atom is 0.0349 e. The minimum Gasteiger partial charge on any atom is -0.0931 e. The predicted octanol–water partition coefficient (Wildman–Crippen LogP) is 3.27. The van der Waals surface area contributed by atoms with Crippen LogP contribution in [-0.4, -0.2) is 6.54 Å². The molecule has 1 aromatic rings. The zero-order valence-corrected chi connectivity index (χ0v) is 7.94. The van der Waals surface area contributed by atoms with E-state index in [-0.39, 0.29) is 5.41 Å². The van der Waals surface area contributed by atoms with Crippen LogP contribution in [0.3, 0.4) is 0 Å². The molecule has 0 saturated carbocycles. The van der Waals surface area contributed by atoms with Crippen LogP contribution in [0.2, 0.25) is 0 Å². The molecule has 0 bridgehead atoms. The van der Waals surface area contributed by atoms with Gasteiger partial charge < -0.3 is 0 Å². The van der Waals surface area contributed by atoms with E-state index in [4.69, 9.17) is 5.53 Å². The second kappa shape index (κ2) is 3.97. The summed E-state index contributed by atoms with van der Waals surface area (Å²) in [6, 6.07) is 10.1. The first-order valence-corrected chi connectivity index (χ1v) is 4.23. The molecule has 0 unspecified atom stereocenters. The van der Waals surface area contributed by atoms with Gasteiger partial charge in [-0.25, -0.2) is 0 Å². The highest BCUT2D eigenvalue weighted by Gasteiger charge is 2.18. The summed E-state index contributed by atoms with van der Waals surface area (Å²) in [7, 11) is 0. The van der Waals surface area contributed by atoms with Gasteiger partial charge in [0.25, 0.3) is 0 Å². The molecular formula is C10H13N3. The molecule has 0 radical (unpaired) electrons. The highest BCUT2D eigenvalue weighted by molar-refractivity contribution is 5.23. The summed E-state index contributed by atoms with van der Waals surface area (Å²) in [6.07, 6.45) is 0. The quantitative estimate of drug-likeness (QED) is 0.384. The van der Waals surface area contributed by atoms with Crippen molar-refractivity contribution in [2.45, 2.75) is 19.3 Å². The first-order chi connectivity index (χ1) is 6.17. The molecule has 1 rings (SSSR count). The van der Waals surface area contributed by atoms with Crippen LogP contribution < -0.4 is 0 Å². The van der Waals surface area contributed by atoms with Gasteiger partial charge in [0.05, 0.1) is 0 Å². The Morgan fingerprint density at radius 1 is 1.31 bits per heavy atom. The number of rotatable bonds is 3. The molecule has 3 nitrogen and oxygen atoms in total. The largest absolute Gasteiger partial charge is 0.0931 e. The Labute approximate surface area is 78.0 Å². The summed E-state index contributed by atoms with van der Waals surface area (Å²) in [6.45, 7) is 4.63. The Kier molecular flexibility index (Phi) is 2.93. The van der Waals surface area contributed by atoms with Gasteiger partial charge in [0.2, 0.25) is 0 Å². The molecule has 0 aliphatic rings. The Hall–Kier alpha value is -1.47. The summed E-state index contributed by atoms with van der Waals surface area (Å²) in [5.74, 6) is 0. The monoisotopic (exact) mass is 175 g/mol. The second-order valence-corrected chi connectivity index (χ2v) is 3.64. The summed E-state index contributed by atoms with van der Waals surface area (Å²) >= 11 is 0. The van der Waals surface area contributed by atoms with Crippen LogP contribution in [0.4, 0.5) is 0 Å². The van der Waals surface area contributed by atoms with Crippen molar-refractivity contribution < 1.29 is 0 Å². The number of hydrogen-bond donors (Lipinski definition) is 0. The van der Waals surface area contributed by atoms with Gasteiger partial charge in [-0.1, -0.05) is 49.3 Å². The van der Waals surface area contributed by atoms with E-state index in [1.54, 1.807) is 0 Å². The first kappa shape index (κ1) is 9.62. The molecule has 0 amide bonds. The van der Waals surface area contributed by atoms with Gasteiger partial charge >= 0.3 is 0 Å². The zero-order valence-electron chi connectivity index (χ0n) is 7.94. The van der Waals surface area contributed by atoms with Crippen molar-refractivity contribution in [3.63, 3.8) is 0 Å².